The van der Waals surface area contributed by atoms with Crippen molar-refractivity contribution in [1.29, 1.82) is 0 Å². The summed E-state index contributed by atoms with van der Waals surface area (Å²) < 4.78 is 7.17. The topological polar surface area (TPSA) is 26.3 Å². The second-order valence-electron chi connectivity index (χ2n) is 6.61. The van der Waals surface area contributed by atoms with E-state index in [9.17, 15) is 4.79 Å². The summed E-state index contributed by atoms with van der Waals surface area (Å²) >= 11 is 2.25. The molecule has 21 heavy (non-hydrogen) atoms. The number of carbonyl (C=O) groups excluding carboxylic acids is 1. The number of ether oxygens (including phenoxy) is 1. The van der Waals surface area contributed by atoms with Gasteiger partial charge in [0.05, 0.1) is 6.10 Å². The largest absolute Gasteiger partial charge is 0.370 e. The molecule has 1 aromatic carbocycles. The summed E-state index contributed by atoms with van der Waals surface area (Å²) in [7, 11) is 0. The SMILES string of the molecule is CC1CCC(C(C)C)C(OCC(=O)c2ccc(I)cc2)C1. The Balaban J connectivity index is 1.93. The average molecular weight is 400 g/mol. The first-order valence-electron chi connectivity index (χ1n) is 7.87. The van der Waals surface area contributed by atoms with Crippen LogP contribution < -0.4 is 0 Å². The highest BCUT2D eigenvalue weighted by Gasteiger charge is 2.31. The average Bonchev–Trinajstić information content (AvgIpc) is 2.45. The van der Waals surface area contributed by atoms with Crippen LogP contribution in [0.15, 0.2) is 24.3 Å². The molecule has 0 heterocycles. The van der Waals surface area contributed by atoms with Crippen molar-refractivity contribution in [3.8, 4) is 0 Å². The summed E-state index contributed by atoms with van der Waals surface area (Å²) in [5.41, 5.74) is 0.750. The summed E-state index contributed by atoms with van der Waals surface area (Å²) in [6, 6.07) is 7.70. The number of Topliss-reactive ketones (excluding diaryl/α,β-unsaturated/α-hetero) is 1. The van der Waals surface area contributed by atoms with Gasteiger partial charge in [0.25, 0.3) is 0 Å². The first-order chi connectivity index (χ1) is 9.97. The molecule has 0 aliphatic heterocycles. The van der Waals surface area contributed by atoms with Crippen molar-refractivity contribution >= 4 is 28.4 Å². The molecule has 2 rings (SSSR count). The zero-order chi connectivity index (χ0) is 15.4. The van der Waals surface area contributed by atoms with Gasteiger partial charge in [0, 0.05) is 9.13 Å². The van der Waals surface area contributed by atoms with Crippen LogP contribution in [0.1, 0.15) is 50.4 Å². The Morgan fingerprint density at radius 3 is 2.57 bits per heavy atom. The number of hydrogen-bond donors (Lipinski definition) is 0. The standard InChI is InChI=1S/C18H25IO2/c1-12(2)16-9-4-13(3)10-18(16)21-11-17(20)14-5-7-15(19)8-6-14/h5-8,12-13,16,18H,4,9-11H2,1-3H3. The molecule has 3 atom stereocenters. The molecular weight excluding hydrogens is 375 g/mol. The Morgan fingerprint density at radius 2 is 1.95 bits per heavy atom. The van der Waals surface area contributed by atoms with E-state index < -0.39 is 0 Å². The summed E-state index contributed by atoms with van der Waals surface area (Å²) in [5.74, 6) is 2.01. The van der Waals surface area contributed by atoms with Gasteiger partial charge in [-0.25, -0.2) is 0 Å². The molecule has 3 unspecified atom stereocenters. The van der Waals surface area contributed by atoms with E-state index in [1.807, 2.05) is 24.3 Å². The number of ketones is 1. The number of carbonyl (C=O) groups is 1. The predicted octanol–water partition coefficient (Wildman–Crippen LogP) is 4.95. The molecule has 0 radical (unpaired) electrons. The third kappa shape index (κ3) is 4.78. The van der Waals surface area contributed by atoms with Crippen LogP contribution in [0.4, 0.5) is 0 Å². The van der Waals surface area contributed by atoms with Crippen LogP contribution in [0.5, 0.6) is 0 Å². The van der Waals surface area contributed by atoms with Crippen LogP contribution in [0.3, 0.4) is 0 Å². The smallest absolute Gasteiger partial charge is 0.188 e. The number of hydrogen-bond acceptors (Lipinski definition) is 2. The minimum Gasteiger partial charge on any atom is -0.370 e. The van der Waals surface area contributed by atoms with E-state index in [0.29, 0.717) is 17.8 Å². The third-order valence-electron chi connectivity index (χ3n) is 4.56. The predicted molar refractivity (Wildman–Crippen MR) is 94.6 cm³/mol. The number of halogens is 1. The van der Waals surface area contributed by atoms with Gasteiger partial charge in [-0.2, -0.15) is 0 Å². The lowest BCUT2D eigenvalue weighted by Crippen LogP contribution is -2.35. The number of rotatable bonds is 5. The molecule has 0 bridgehead atoms. The quantitative estimate of drug-likeness (QED) is 0.516. The minimum absolute atomic E-state index is 0.0899. The molecule has 1 fully saturated rings. The normalized spacial score (nSPS) is 26.0. The van der Waals surface area contributed by atoms with E-state index in [2.05, 4.69) is 43.4 Å². The van der Waals surface area contributed by atoms with Crippen molar-refractivity contribution in [3.63, 3.8) is 0 Å². The van der Waals surface area contributed by atoms with Crippen LogP contribution >= 0.6 is 22.6 Å². The first-order valence-corrected chi connectivity index (χ1v) is 8.95. The van der Waals surface area contributed by atoms with E-state index in [1.54, 1.807) is 0 Å². The highest BCUT2D eigenvalue weighted by Crippen LogP contribution is 2.35. The molecule has 116 valence electrons. The van der Waals surface area contributed by atoms with Crippen LogP contribution in [-0.2, 0) is 4.74 Å². The van der Waals surface area contributed by atoms with Gasteiger partial charge in [-0.1, -0.05) is 39.3 Å². The lowest BCUT2D eigenvalue weighted by molar-refractivity contribution is -0.0309. The van der Waals surface area contributed by atoms with Gasteiger partial charge in [0.2, 0.25) is 0 Å². The Bertz CT molecular complexity index is 467. The summed E-state index contributed by atoms with van der Waals surface area (Å²) in [6.45, 7) is 7.02. The highest BCUT2D eigenvalue weighted by molar-refractivity contribution is 14.1. The molecule has 0 saturated heterocycles. The highest BCUT2D eigenvalue weighted by atomic mass is 127. The fraction of sp³-hybridized carbons (Fsp3) is 0.611. The second-order valence-corrected chi connectivity index (χ2v) is 7.85. The van der Waals surface area contributed by atoms with E-state index in [1.165, 1.54) is 12.8 Å². The molecule has 1 aromatic rings. The Hall–Kier alpha value is -0.420. The molecule has 0 aromatic heterocycles. The Morgan fingerprint density at radius 1 is 1.29 bits per heavy atom. The van der Waals surface area contributed by atoms with Crippen LogP contribution in [0.25, 0.3) is 0 Å². The maximum absolute atomic E-state index is 12.2. The third-order valence-corrected chi connectivity index (χ3v) is 5.28. The lowest BCUT2D eigenvalue weighted by atomic mass is 9.75. The zero-order valence-corrected chi connectivity index (χ0v) is 15.3. The van der Waals surface area contributed by atoms with Gasteiger partial charge >= 0.3 is 0 Å². The molecule has 1 aliphatic carbocycles. The van der Waals surface area contributed by atoms with Crippen LogP contribution in [0.2, 0.25) is 0 Å². The zero-order valence-electron chi connectivity index (χ0n) is 13.1. The Kier molecular flexibility index (Phi) is 6.23. The van der Waals surface area contributed by atoms with Gasteiger partial charge < -0.3 is 4.74 Å². The molecule has 1 saturated carbocycles. The first kappa shape index (κ1) is 16.9. The molecule has 1 aliphatic rings. The molecule has 0 amide bonds. The molecule has 0 N–H and O–H groups in total. The van der Waals surface area contributed by atoms with Crippen molar-refractivity contribution in [3.05, 3.63) is 33.4 Å². The van der Waals surface area contributed by atoms with Gasteiger partial charge in [0.1, 0.15) is 6.61 Å². The van der Waals surface area contributed by atoms with Crippen molar-refractivity contribution in [2.75, 3.05) is 6.61 Å². The molecular formula is C18H25IO2. The fourth-order valence-corrected chi connectivity index (χ4v) is 3.57. The van der Waals surface area contributed by atoms with Crippen LogP contribution in [-0.4, -0.2) is 18.5 Å². The van der Waals surface area contributed by atoms with Crippen molar-refractivity contribution in [2.45, 2.75) is 46.1 Å². The van der Waals surface area contributed by atoms with Gasteiger partial charge in [-0.3, -0.25) is 4.79 Å². The van der Waals surface area contributed by atoms with Gasteiger partial charge in [-0.05, 0) is 65.3 Å². The van der Waals surface area contributed by atoms with E-state index in [-0.39, 0.29) is 18.5 Å². The van der Waals surface area contributed by atoms with Crippen LogP contribution in [0, 0.1) is 21.3 Å². The molecule has 3 heteroatoms. The lowest BCUT2D eigenvalue weighted by Gasteiger charge is -2.37. The molecule has 2 nitrogen and oxygen atoms in total. The van der Waals surface area contributed by atoms with Gasteiger partial charge in [0.15, 0.2) is 5.78 Å². The maximum Gasteiger partial charge on any atom is 0.188 e. The monoisotopic (exact) mass is 400 g/mol. The van der Waals surface area contributed by atoms with Crippen molar-refractivity contribution in [2.24, 2.45) is 17.8 Å². The summed E-state index contributed by atoms with van der Waals surface area (Å²) in [5, 5.41) is 0. The fourth-order valence-electron chi connectivity index (χ4n) is 3.21. The van der Waals surface area contributed by atoms with E-state index >= 15 is 0 Å². The van der Waals surface area contributed by atoms with E-state index in [4.69, 9.17) is 4.74 Å². The maximum atomic E-state index is 12.2. The van der Waals surface area contributed by atoms with Crippen molar-refractivity contribution < 1.29 is 9.53 Å². The van der Waals surface area contributed by atoms with E-state index in [0.717, 1.165) is 15.6 Å². The second kappa shape index (κ2) is 7.73. The van der Waals surface area contributed by atoms with Gasteiger partial charge in [-0.15, -0.1) is 0 Å². The molecule has 0 spiro atoms. The van der Waals surface area contributed by atoms with Crippen molar-refractivity contribution in [1.82, 2.24) is 0 Å². The minimum atomic E-state index is 0.0899. The Labute approximate surface area is 141 Å². The summed E-state index contributed by atoms with van der Waals surface area (Å²) in [4.78, 5) is 12.2. The summed E-state index contributed by atoms with van der Waals surface area (Å²) in [6.07, 6.45) is 3.83. The number of benzene rings is 1.